The van der Waals surface area contributed by atoms with Crippen LogP contribution in [0.3, 0.4) is 0 Å². The second-order valence-electron chi connectivity index (χ2n) is 8.17. The zero-order valence-corrected chi connectivity index (χ0v) is 21.5. The molecule has 4 aromatic rings. The molecule has 0 amide bonds. The van der Waals surface area contributed by atoms with Gasteiger partial charge in [0.2, 0.25) is 0 Å². The highest BCUT2D eigenvalue weighted by Gasteiger charge is 2.41. The molecule has 1 atom stereocenters. The van der Waals surface area contributed by atoms with Crippen molar-refractivity contribution in [3.8, 4) is 5.75 Å². The highest BCUT2D eigenvalue weighted by atomic mass is 31.2. The van der Waals surface area contributed by atoms with Gasteiger partial charge in [0, 0.05) is 0 Å². The van der Waals surface area contributed by atoms with Crippen LogP contribution in [0.2, 0.25) is 0 Å². The monoisotopic (exact) mass is 513 g/mol. The summed E-state index contributed by atoms with van der Waals surface area (Å²) in [5, 5.41) is 16.4. The highest BCUT2D eigenvalue weighted by Crippen LogP contribution is 2.47. The number of phenols is 1. The van der Waals surface area contributed by atoms with E-state index in [0.29, 0.717) is 0 Å². The fourth-order valence-electron chi connectivity index (χ4n) is 4.48. The minimum Gasteiger partial charge on any atom is -0.506 e. The Morgan fingerprint density at radius 1 is 0.676 bits per heavy atom. The molecule has 0 aliphatic rings. The van der Waals surface area contributed by atoms with E-state index in [2.05, 4.69) is 5.32 Å². The predicted molar refractivity (Wildman–Crippen MR) is 150 cm³/mol. The molecule has 7 heteroatoms. The van der Waals surface area contributed by atoms with Crippen molar-refractivity contribution in [3.05, 3.63) is 115 Å². The third kappa shape index (κ3) is 5.02. The number of rotatable bonds is 8. The number of hydrogen-bond donors (Lipinski definition) is 2. The summed E-state index contributed by atoms with van der Waals surface area (Å²) in [6.07, 6.45) is 0. The number of hydrogen-bond acceptors (Lipinski definition) is 6. The Balaban J connectivity index is 2.24. The second kappa shape index (κ2) is 11.6. The van der Waals surface area contributed by atoms with E-state index in [4.69, 9.17) is 9.47 Å². The number of benzene rings is 4. The number of aromatic hydroxyl groups is 1. The maximum absolute atomic E-state index is 13.9. The SMILES string of the molecule is COC(=O)C(C(Nc1ccccc1O)C(=O)OC)=P(c1ccccc1)(c1ccccc1)c1ccccc1. The fourth-order valence-corrected chi connectivity index (χ4v) is 8.99. The predicted octanol–water partition coefficient (Wildman–Crippen LogP) is 3.69. The average Bonchev–Trinajstić information content (AvgIpc) is 2.96. The molecule has 188 valence electrons. The molecule has 4 aromatic carbocycles. The van der Waals surface area contributed by atoms with Crippen molar-refractivity contribution in [2.45, 2.75) is 6.04 Å². The Bertz CT molecular complexity index is 1320. The Kier molecular flexibility index (Phi) is 8.11. The summed E-state index contributed by atoms with van der Waals surface area (Å²) >= 11 is 0. The van der Waals surface area contributed by atoms with E-state index in [9.17, 15) is 14.7 Å². The quantitative estimate of drug-likeness (QED) is 0.213. The van der Waals surface area contributed by atoms with E-state index in [0.717, 1.165) is 15.9 Å². The van der Waals surface area contributed by atoms with E-state index < -0.39 is 24.9 Å². The first-order valence-corrected chi connectivity index (χ1v) is 13.5. The largest absolute Gasteiger partial charge is 0.506 e. The molecule has 0 radical (unpaired) electrons. The molecule has 37 heavy (non-hydrogen) atoms. The number of carbonyl (C=O) groups is 2. The van der Waals surface area contributed by atoms with Crippen LogP contribution >= 0.6 is 6.89 Å². The summed E-state index contributed by atoms with van der Waals surface area (Å²) in [4.78, 5) is 27.3. The Labute approximate surface area is 216 Å². The van der Waals surface area contributed by atoms with Gasteiger partial charge in [-0.1, -0.05) is 103 Å². The minimum absolute atomic E-state index is 0.0660. The maximum Gasteiger partial charge on any atom is 0.337 e. The van der Waals surface area contributed by atoms with Crippen LogP contribution in [0, 0.1) is 0 Å². The Hall–Kier alpha value is -4.28. The molecular weight excluding hydrogens is 485 g/mol. The zero-order chi connectivity index (χ0) is 26.3. The molecule has 0 spiro atoms. The lowest BCUT2D eigenvalue weighted by Gasteiger charge is -2.34. The van der Waals surface area contributed by atoms with Crippen LogP contribution in [0.15, 0.2) is 115 Å². The Morgan fingerprint density at radius 3 is 1.51 bits per heavy atom. The van der Waals surface area contributed by atoms with Gasteiger partial charge in [-0.15, -0.1) is 0 Å². The maximum atomic E-state index is 13.9. The van der Waals surface area contributed by atoms with Crippen LogP contribution < -0.4 is 21.2 Å². The first kappa shape index (κ1) is 25.8. The van der Waals surface area contributed by atoms with Crippen molar-refractivity contribution >= 4 is 45.7 Å². The van der Waals surface area contributed by atoms with Crippen LogP contribution in [0.25, 0.3) is 0 Å². The van der Waals surface area contributed by atoms with Crippen molar-refractivity contribution in [1.29, 1.82) is 0 Å². The molecule has 2 N–H and O–H groups in total. The molecule has 0 fully saturated rings. The number of methoxy groups -OCH3 is 2. The molecule has 0 heterocycles. The van der Waals surface area contributed by atoms with Crippen LogP contribution in [0.5, 0.6) is 5.75 Å². The van der Waals surface area contributed by atoms with Gasteiger partial charge in [0.15, 0.2) is 6.04 Å². The van der Waals surface area contributed by atoms with Crippen molar-refractivity contribution in [2.24, 2.45) is 0 Å². The number of phenolic OH excluding ortho intramolecular Hbond substituents is 1. The number of ether oxygens (including phenoxy) is 2. The average molecular weight is 514 g/mol. The standard InChI is InChI=1S/C30H28NO5P/c1-35-29(33)27(31-25-20-12-13-21-26(25)32)28(30(34)36-2)37(22-14-6-3-7-15-22,23-16-8-4-9-17-23)24-18-10-5-11-19-24/h3-21,27,31-32H,1-2H3. The second-order valence-corrected chi connectivity index (χ2v) is 11.5. The molecule has 0 saturated carbocycles. The number of para-hydroxylation sites is 2. The molecular formula is C30H28NO5P. The summed E-state index contributed by atoms with van der Waals surface area (Å²) in [5.74, 6) is -1.40. The first-order chi connectivity index (χ1) is 18.0. The van der Waals surface area contributed by atoms with Crippen LogP contribution in [-0.2, 0) is 19.1 Å². The van der Waals surface area contributed by atoms with Gasteiger partial charge in [-0.2, -0.15) is 0 Å². The number of carbonyl (C=O) groups excluding carboxylic acids is 2. The lowest BCUT2D eigenvalue weighted by Crippen LogP contribution is -2.47. The molecule has 6 nitrogen and oxygen atoms in total. The lowest BCUT2D eigenvalue weighted by atomic mass is 10.2. The van der Waals surface area contributed by atoms with E-state index in [1.54, 1.807) is 18.2 Å². The summed E-state index contributed by atoms with van der Waals surface area (Å²) < 4.78 is 10.6. The molecule has 0 aliphatic heterocycles. The number of anilines is 1. The molecule has 1 unspecified atom stereocenters. The summed E-state index contributed by atoms with van der Waals surface area (Å²) in [7, 11) is 2.57. The van der Waals surface area contributed by atoms with Gasteiger partial charge < -0.3 is 19.9 Å². The first-order valence-electron chi connectivity index (χ1n) is 11.7. The van der Waals surface area contributed by atoms with Gasteiger partial charge in [0.1, 0.15) is 5.75 Å². The van der Waals surface area contributed by atoms with Crippen molar-refractivity contribution < 1.29 is 24.2 Å². The van der Waals surface area contributed by atoms with Crippen LogP contribution in [0.1, 0.15) is 0 Å². The summed E-state index contributed by atoms with van der Waals surface area (Å²) in [5.41, 5.74) is 0.284. The van der Waals surface area contributed by atoms with Gasteiger partial charge >= 0.3 is 11.9 Å². The minimum atomic E-state index is -3.01. The van der Waals surface area contributed by atoms with E-state index in [-0.39, 0.29) is 16.7 Å². The van der Waals surface area contributed by atoms with Crippen LogP contribution in [-0.4, -0.2) is 42.6 Å². The fraction of sp³-hybridized carbons (Fsp3) is 0.100. The van der Waals surface area contributed by atoms with Gasteiger partial charge in [-0.3, -0.25) is 0 Å². The third-order valence-electron chi connectivity index (χ3n) is 6.10. The topological polar surface area (TPSA) is 84.9 Å². The smallest absolute Gasteiger partial charge is 0.337 e. The summed E-state index contributed by atoms with van der Waals surface area (Å²) in [6.45, 7) is -3.01. The normalized spacial score (nSPS) is 11.7. The number of nitrogens with one attached hydrogen (secondary N) is 1. The zero-order valence-electron chi connectivity index (χ0n) is 20.6. The molecule has 4 rings (SSSR count). The van der Waals surface area contributed by atoms with Crippen molar-refractivity contribution in [1.82, 2.24) is 0 Å². The Morgan fingerprint density at radius 2 is 1.11 bits per heavy atom. The molecule has 0 aliphatic carbocycles. The number of esters is 2. The van der Waals surface area contributed by atoms with E-state index in [1.165, 1.54) is 20.3 Å². The lowest BCUT2D eigenvalue weighted by molar-refractivity contribution is -0.141. The van der Waals surface area contributed by atoms with Gasteiger partial charge in [0.05, 0.1) is 25.2 Å². The molecule has 0 aromatic heterocycles. The molecule has 0 bridgehead atoms. The van der Waals surface area contributed by atoms with E-state index in [1.807, 2.05) is 91.0 Å². The van der Waals surface area contributed by atoms with Gasteiger partial charge in [-0.05, 0) is 34.9 Å². The van der Waals surface area contributed by atoms with Gasteiger partial charge in [-0.25, -0.2) is 9.59 Å². The summed E-state index contributed by atoms with van der Waals surface area (Å²) in [6, 6.07) is 34.2. The third-order valence-corrected chi connectivity index (χ3v) is 10.5. The highest BCUT2D eigenvalue weighted by molar-refractivity contribution is 7.96. The van der Waals surface area contributed by atoms with Crippen molar-refractivity contribution in [3.63, 3.8) is 0 Å². The van der Waals surface area contributed by atoms with Gasteiger partial charge in [0.25, 0.3) is 0 Å². The van der Waals surface area contributed by atoms with Crippen LogP contribution in [0.4, 0.5) is 5.69 Å². The van der Waals surface area contributed by atoms with Crippen molar-refractivity contribution in [2.75, 3.05) is 19.5 Å². The molecule has 0 saturated heterocycles. The van der Waals surface area contributed by atoms with E-state index >= 15 is 0 Å².